The largest absolute Gasteiger partial charge is 0.341 e. The van der Waals surface area contributed by atoms with Crippen LogP contribution >= 0.6 is 23.1 Å². The molecule has 0 saturated carbocycles. The van der Waals surface area contributed by atoms with Crippen molar-refractivity contribution in [1.82, 2.24) is 20.6 Å². The Kier molecular flexibility index (Phi) is 7.78. The van der Waals surface area contributed by atoms with E-state index in [0.29, 0.717) is 22.5 Å². The molecule has 8 nitrogen and oxygen atoms in total. The number of rotatable bonds is 8. The third kappa shape index (κ3) is 6.15. The maximum absolute atomic E-state index is 11.8. The number of thiophene rings is 1. The smallest absolute Gasteiger partial charge is 0.290 e. The summed E-state index contributed by atoms with van der Waals surface area (Å²) in [6.07, 6.45) is 5.37. The highest BCUT2D eigenvalue weighted by Gasteiger charge is 2.26. The van der Waals surface area contributed by atoms with E-state index in [0.717, 1.165) is 60.5 Å². The normalized spacial score (nSPS) is 17.4. The SMILES string of the molecule is CC(=O)c1ccc(-c2ccccc2CNCC2CCN(c3nccc(/C=C4/SC(=O)NC4=O)n3)CC2)s1. The molecule has 2 saturated heterocycles. The number of ketones is 1. The maximum atomic E-state index is 11.8. The Morgan fingerprint density at radius 3 is 2.70 bits per heavy atom. The van der Waals surface area contributed by atoms with Gasteiger partial charge in [0.15, 0.2) is 5.78 Å². The highest BCUT2D eigenvalue weighted by molar-refractivity contribution is 8.18. The predicted molar refractivity (Wildman–Crippen MR) is 148 cm³/mol. The highest BCUT2D eigenvalue weighted by atomic mass is 32.2. The summed E-state index contributed by atoms with van der Waals surface area (Å²) in [5.41, 5.74) is 3.01. The van der Waals surface area contributed by atoms with Gasteiger partial charge in [-0.05, 0) is 79.4 Å². The fraction of sp³-hybridized carbons (Fsp3) is 0.296. The number of hydrogen-bond acceptors (Lipinski definition) is 9. The first-order chi connectivity index (χ1) is 18.0. The quantitative estimate of drug-likeness (QED) is 0.316. The number of anilines is 1. The Labute approximate surface area is 223 Å². The van der Waals surface area contributed by atoms with E-state index in [4.69, 9.17) is 0 Å². The first-order valence-electron chi connectivity index (χ1n) is 12.2. The van der Waals surface area contributed by atoms with Crippen molar-refractivity contribution in [3.8, 4) is 10.4 Å². The van der Waals surface area contributed by atoms with Gasteiger partial charge in [-0.25, -0.2) is 9.97 Å². The van der Waals surface area contributed by atoms with Crippen molar-refractivity contribution < 1.29 is 14.4 Å². The Morgan fingerprint density at radius 2 is 1.97 bits per heavy atom. The van der Waals surface area contributed by atoms with Crippen LogP contribution in [0.3, 0.4) is 0 Å². The van der Waals surface area contributed by atoms with Crippen LogP contribution in [-0.4, -0.2) is 46.5 Å². The van der Waals surface area contributed by atoms with Crippen molar-refractivity contribution in [3.63, 3.8) is 0 Å². The number of benzene rings is 1. The Hall–Kier alpha value is -3.34. The number of carbonyl (C=O) groups is 3. The topological polar surface area (TPSA) is 104 Å². The van der Waals surface area contributed by atoms with Gasteiger partial charge in [-0.2, -0.15) is 0 Å². The molecule has 0 atom stereocenters. The number of nitrogens with one attached hydrogen (secondary N) is 2. The second-order valence-electron chi connectivity index (χ2n) is 9.07. The van der Waals surface area contributed by atoms with E-state index in [1.165, 1.54) is 11.1 Å². The molecule has 37 heavy (non-hydrogen) atoms. The minimum atomic E-state index is -0.387. The lowest BCUT2D eigenvalue weighted by Crippen LogP contribution is -2.38. The summed E-state index contributed by atoms with van der Waals surface area (Å²) in [5.74, 6) is 0.918. The maximum Gasteiger partial charge on any atom is 0.290 e. The van der Waals surface area contributed by atoms with Crippen molar-refractivity contribution in [2.45, 2.75) is 26.3 Å². The van der Waals surface area contributed by atoms with Crippen molar-refractivity contribution in [2.24, 2.45) is 5.92 Å². The Bertz CT molecular complexity index is 1360. The lowest BCUT2D eigenvalue weighted by Gasteiger charge is -2.32. The van der Waals surface area contributed by atoms with Crippen LogP contribution in [0.4, 0.5) is 10.7 Å². The molecule has 2 N–H and O–H groups in total. The van der Waals surface area contributed by atoms with E-state index in [1.807, 2.05) is 18.2 Å². The molecule has 2 amide bonds. The van der Waals surface area contributed by atoms with Crippen LogP contribution in [0.25, 0.3) is 16.5 Å². The number of nitrogens with zero attached hydrogens (tertiary/aromatic N) is 3. The van der Waals surface area contributed by atoms with Crippen molar-refractivity contribution >= 4 is 52.1 Å². The molecular weight excluding hydrogens is 506 g/mol. The number of thioether (sulfide) groups is 1. The van der Waals surface area contributed by atoms with Gasteiger partial charge in [0, 0.05) is 30.7 Å². The number of carbonyl (C=O) groups excluding carboxylic acids is 3. The van der Waals surface area contributed by atoms with Gasteiger partial charge in [0.25, 0.3) is 11.1 Å². The number of piperidine rings is 1. The monoisotopic (exact) mass is 533 g/mol. The summed E-state index contributed by atoms with van der Waals surface area (Å²) in [6.45, 7) is 5.03. The average molecular weight is 534 g/mol. The first kappa shape index (κ1) is 25.3. The molecule has 0 bridgehead atoms. The molecule has 2 aliphatic heterocycles. The van der Waals surface area contributed by atoms with Gasteiger partial charge in [0.1, 0.15) is 0 Å². The number of imide groups is 1. The van der Waals surface area contributed by atoms with Crippen LogP contribution in [0.5, 0.6) is 0 Å². The number of hydrogen-bond donors (Lipinski definition) is 2. The molecule has 2 aromatic heterocycles. The summed E-state index contributed by atoms with van der Waals surface area (Å²) < 4.78 is 0. The molecule has 4 heterocycles. The van der Waals surface area contributed by atoms with Gasteiger partial charge in [-0.3, -0.25) is 19.7 Å². The van der Waals surface area contributed by atoms with E-state index >= 15 is 0 Å². The van der Waals surface area contributed by atoms with Gasteiger partial charge in [-0.1, -0.05) is 24.3 Å². The predicted octanol–water partition coefficient (Wildman–Crippen LogP) is 4.74. The molecule has 10 heteroatoms. The van der Waals surface area contributed by atoms with E-state index in [-0.39, 0.29) is 16.9 Å². The third-order valence-electron chi connectivity index (χ3n) is 6.47. The van der Waals surface area contributed by atoms with Crippen LogP contribution in [0.2, 0.25) is 0 Å². The minimum Gasteiger partial charge on any atom is -0.341 e. The molecule has 2 fully saturated rings. The van der Waals surface area contributed by atoms with Gasteiger partial charge in [0.2, 0.25) is 5.95 Å². The van der Waals surface area contributed by atoms with Crippen LogP contribution in [0, 0.1) is 5.92 Å². The van der Waals surface area contributed by atoms with Gasteiger partial charge < -0.3 is 10.2 Å². The minimum absolute atomic E-state index is 0.101. The number of aromatic nitrogens is 2. The summed E-state index contributed by atoms with van der Waals surface area (Å²) in [4.78, 5) is 48.3. The molecule has 0 unspecified atom stereocenters. The number of amides is 2. The summed E-state index contributed by atoms with van der Waals surface area (Å²) in [5, 5.41) is 5.53. The Morgan fingerprint density at radius 1 is 1.16 bits per heavy atom. The van der Waals surface area contributed by atoms with E-state index in [9.17, 15) is 14.4 Å². The second-order valence-corrected chi connectivity index (χ2v) is 11.2. The second kappa shape index (κ2) is 11.4. The molecular formula is C27H27N5O3S2. The van der Waals surface area contributed by atoms with Crippen LogP contribution in [0.15, 0.2) is 53.6 Å². The lowest BCUT2D eigenvalue weighted by atomic mass is 9.96. The van der Waals surface area contributed by atoms with E-state index in [1.54, 1.807) is 36.6 Å². The zero-order chi connectivity index (χ0) is 25.8. The number of Topliss-reactive ketones (excluding diaryl/α,β-unsaturated/α-hetero) is 1. The molecule has 190 valence electrons. The molecule has 0 radical (unpaired) electrons. The average Bonchev–Trinajstić information content (AvgIpc) is 3.51. The highest BCUT2D eigenvalue weighted by Crippen LogP contribution is 2.31. The lowest BCUT2D eigenvalue weighted by molar-refractivity contribution is -0.115. The van der Waals surface area contributed by atoms with Gasteiger partial charge in [0.05, 0.1) is 15.5 Å². The summed E-state index contributed by atoms with van der Waals surface area (Å²) in [7, 11) is 0. The van der Waals surface area contributed by atoms with E-state index < -0.39 is 0 Å². The molecule has 3 aromatic rings. The zero-order valence-corrected chi connectivity index (χ0v) is 22.0. The Balaban J connectivity index is 1.14. The van der Waals surface area contributed by atoms with E-state index in [2.05, 4.69) is 43.7 Å². The molecule has 1 aromatic carbocycles. The van der Waals surface area contributed by atoms with Crippen LogP contribution in [0.1, 0.15) is 40.7 Å². The zero-order valence-electron chi connectivity index (χ0n) is 20.4. The summed E-state index contributed by atoms with van der Waals surface area (Å²) in [6, 6.07) is 14.0. The van der Waals surface area contributed by atoms with Crippen LogP contribution < -0.4 is 15.5 Å². The fourth-order valence-corrected chi connectivity index (χ4v) is 6.11. The summed E-state index contributed by atoms with van der Waals surface area (Å²) >= 11 is 2.43. The fourth-order valence-electron chi connectivity index (χ4n) is 4.48. The molecule has 5 rings (SSSR count). The van der Waals surface area contributed by atoms with Gasteiger partial charge >= 0.3 is 0 Å². The molecule has 0 aliphatic carbocycles. The third-order valence-corrected chi connectivity index (χ3v) is 8.50. The molecule has 2 aliphatic rings. The standard InChI is InChI=1S/C27H27N5O3S2/c1-17(33)22-6-7-23(36-22)21-5-3-2-4-19(21)16-28-15-18-9-12-32(13-10-18)26-29-11-8-20(30-26)14-24-25(34)31-27(35)37-24/h2-8,11,14,18,28H,9-10,12-13,15-16H2,1H3,(H,31,34,35)/b24-14+. The van der Waals surface area contributed by atoms with Crippen molar-refractivity contribution in [3.05, 3.63) is 69.7 Å². The molecule has 0 spiro atoms. The first-order valence-corrected chi connectivity index (χ1v) is 13.8. The van der Waals surface area contributed by atoms with Crippen molar-refractivity contribution in [1.29, 1.82) is 0 Å². The van der Waals surface area contributed by atoms with Gasteiger partial charge in [-0.15, -0.1) is 11.3 Å². The van der Waals surface area contributed by atoms with Crippen molar-refractivity contribution in [2.75, 3.05) is 24.5 Å². The van der Waals surface area contributed by atoms with Crippen LogP contribution in [-0.2, 0) is 11.3 Å².